The van der Waals surface area contributed by atoms with Crippen molar-refractivity contribution in [2.24, 2.45) is 0 Å². The van der Waals surface area contributed by atoms with Crippen LogP contribution in [0, 0.1) is 0 Å². The summed E-state index contributed by atoms with van der Waals surface area (Å²) in [5.41, 5.74) is 0. The maximum absolute atomic E-state index is 2.29. The van der Waals surface area contributed by atoms with E-state index in [0.717, 1.165) is 0 Å². The predicted molar refractivity (Wildman–Crippen MR) is 75.1 cm³/mol. The Hall–Kier alpha value is 1.52. The normalized spacial score (nSPS) is 9.25. The van der Waals surface area contributed by atoms with E-state index in [4.69, 9.17) is 0 Å². The van der Waals surface area contributed by atoms with E-state index >= 15 is 0 Å². The SMILES string of the molecule is CCCCCCCCCCCCCCC[CH2][Ir+3].[Cl-].[Cl-].[Cl-]. The van der Waals surface area contributed by atoms with Gasteiger partial charge in [-0.15, -0.1) is 0 Å². The first-order valence-corrected chi connectivity index (χ1v) is 9.64. The van der Waals surface area contributed by atoms with Gasteiger partial charge in [-0.25, -0.2) is 0 Å². The molecule has 0 bridgehead atoms. The molecule has 0 aliphatic heterocycles. The molecule has 0 aliphatic rings. The molecule has 0 aliphatic carbocycles. The minimum Gasteiger partial charge on any atom is -1.00 e. The molecule has 0 saturated heterocycles. The maximum Gasteiger partial charge on any atom is -1.00 e. The molecule has 0 radical (unpaired) electrons. The van der Waals surface area contributed by atoms with Crippen LogP contribution in [0.4, 0.5) is 0 Å². The fraction of sp³-hybridized carbons (Fsp3) is 1.00. The number of hydrogen-bond acceptors (Lipinski definition) is 0. The van der Waals surface area contributed by atoms with Gasteiger partial charge in [-0.05, 0) is 0 Å². The average Bonchev–Trinajstić information content (AvgIpc) is 2.35. The Morgan fingerprint density at radius 3 is 0.950 bits per heavy atom. The van der Waals surface area contributed by atoms with Crippen LogP contribution in [0.2, 0.25) is 4.93 Å². The molecule has 0 heterocycles. The molecule has 0 rings (SSSR count). The second-order valence-corrected chi connectivity index (χ2v) is 6.46. The van der Waals surface area contributed by atoms with Crippen LogP contribution in [0.15, 0.2) is 0 Å². The third-order valence-electron chi connectivity index (χ3n) is 3.47. The predicted octanol–water partition coefficient (Wildman–Crippen LogP) is -2.56. The molecule has 0 amide bonds. The molecule has 0 aromatic rings. The molecular formula is C16H33Cl3Ir. The topological polar surface area (TPSA) is 0 Å². The molecule has 4 heteroatoms. The van der Waals surface area contributed by atoms with Crippen LogP contribution in [0.25, 0.3) is 0 Å². The number of rotatable bonds is 14. The molecule has 0 unspecified atom stereocenters. The molecule has 0 N–H and O–H groups in total. The van der Waals surface area contributed by atoms with Crippen molar-refractivity contribution in [2.45, 2.75) is 102 Å². The quantitative estimate of drug-likeness (QED) is 0.220. The molecule has 0 aromatic heterocycles. The van der Waals surface area contributed by atoms with E-state index in [1.54, 1.807) is 0 Å². The van der Waals surface area contributed by atoms with Crippen molar-refractivity contribution < 1.29 is 56.1 Å². The average molecular weight is 524 g/mol. The third kappa shape index (κ3) is 27.8. The van der Waals surface area contributed by atoms with E-state index < -0.39 is 0 Å². The summed E-state index contributed by atoms with van der Waals surface area (Å²) in [5, 5.41) is 0. The van der Waals surface area contributed by atoms with Gasteiger partial charge >= 0.3 is 94.5 Å². The summed E-state index contributed by atoms with van der Waals surface area (Å²) in [6.07, 6.45) is 20.5. The molecular weight excluding hydrogens is 491 g/mol. The molecule has 20 heavy (non-hydrogen) atoms. The zero-order valence-corrected chi connectivity index (χ0v) is 17.7. The van der Waals surface area contributed by atoms with E-state index in [9.17, 15) is 0 Å². The molecule has 0 fully saturated rings. The molecule has 0 aromatic carbocycles. The van der Waals surface area contributed by atoms with Crippen molar-refractivity contribution in [3.05, 3.63) is 0 Å². The Bertz CT molecular complexity index is 121. The van der Waals surface area contributed by atoms with Crippen molar-refractivity contribution in [3.8, 4) is 0 Å². The van der Waals surface area contributed by atoms with Crippen molar-refractivity contribution in [2.75, 3.05) is 0 Å². The van der Waals surface area contributed by atoms with Gasteiger partial charge in [0.05, 0.1) is 0 Å². The van der Waals surface area contributed by atoms with E-state index in [-0.39, 0.29) is 37.2 Å². The summed E-state index contributed by atoms with van der Waals surface area (Å²) in [4.78, 5) is 1.37. The van der Waals surface area contributed by atoms with Crippen LogP contribution in [0.1, 0.15) is 96.8 Å². The zero-order chi connectivity index (χ0) is 12.6. The van der Waals surface area contributed by atoms with Crippen molar-refractivity contribution in [3.63, 3.8) is 0 Å². The first-order chi connectivity index (χ1) is 8.41. The van der Waals surface area contributed by atoms with Crippen LogP contribution in [0.5, 0.6) is 0 Å². The summed E-state index contributed by atoms with van der Waals surface area (Å²) in [7, 11) is 0. The smallest absolute Gasteiger partial charge is 1.00 e. The van der Waals surface area contributed by atoms with Crippen LogP contribution in [-0.2, 0) is 18.9 Å². The second kappa shape index (κ2) is 28.6. The molecule has 0 saturated carbocycles. The number of unbranched alkanes of at least 4 members (excludes halogenated alkanes) is 13. The number of halogens is 3. The Morgan fingerprint density at radius 1 is 0.450 bits per heavy atom. The van der Waals surface area contributed by atoms with Gasteiger partial charge in [0.2, 0.25) is 0 Å². The molecule has 0 nitrogen and oxygen atoms in total. The van der Waals surface area contributed by atoms with E-state index in [0.29, 0.717) is 0 Å². The van der Waals surface area contributed by atoms with Gasteiger partial charge in [0.25, 0.3) is 0 Å². The molecule has 0 atom stereocenters. The van der Waals surface area contributed by atoms with Crippen molar-refractivity contribution in [1.29, 1.82) is 0 Å². The standard InChI is InChI=1S/C16H33.3ClH.Ir/c1-3-5-7-9-11-13-15-16-14-12-10-8-6-4-2;;;;/h1,3-16H2,2H3;3*1H;/q;;;;+3/p-3. The minimum absolute atomic E-state index is 0. The molecule has 0 spiro atoms. The van der Waals surface area contributed by atoms with E-state index in [1.807, 2.05) is 0 Å². The first kappa shape index (κ1) is 29.5. The Balaban J connectivity index is -0.000000427. The Morgan fingerprint density at radius 2 is 0.700 bits per heavy atom. The van der Waals surface area contributed by atoms with E-state index in [2.05, 4.69) is 25.8 Å². The first-order valence-electron chi connectivity index (χ1n) is 7.94. The maximum atomic E-state index is 2.29. The fourth-order valence-corrected chi connectivity index (χ4v) is 2.88. The second-order valence-electron chi connectivity index (χ2n) is 5.26. The van der Waals surface area contributed by atoms with Gasteiger partial charge in [-0.3, -0.25) is 0 Å². The van der Waals surface area contributed by atoms with Crippen LogP contribution < -0.4 is 37.2 Å². The Labute approximate surface area is 157 Å². The van der Waals surface area contributed by atoms with Gasteiger partial charge in [0.1, 0.15) is 0 Å². The van der Waals surface area contributed by atoms with Crippen LogP contribution in [-0.4, -0.2) is 0 Å². The largest absolute Gasteiger partial charge is 1.00 e. The minimum atomic E-state index is 0. The summed E-state index contributed by atoms with van der Waals surface area (Å²) < 4.78 is 0. The molecule has 127 valence electrons. The summed E-state index contributed by atoms with van der Waals surface area (Å²) in [6, 6.07) is 0. The summed E-state index contributed by atoms with van der Waals surface area (Å²) >= 11 is 2.29. The van der Waals surface area contributed by atoms with Gasteiger partial charge in [-0.2, -0.15) is 0 Å². The van der Waals surface area contributed by atoms with Gasteiger partial charge < -0.3 is 37.2 Å². The summed E-state index contributed by atoms with van der Waals surface area (Å²) in [6.45, 7) is 2.29. The third-order valence-corrected chi connectivity index (χ3v) is 4.32. The summed E-state index contributed by atoms with van der Waals surface area (Å²) in [5.74, 6) is 0. The monoisotopic (exact) mass is 523 g/mol. The van der Waals surface area contributed by atoms with Crippen molar-refractivity contribution in [1.82, 2.24) is 0 Å². The van der Waals surface area contributed by atoms with E-state index in [1.165, 1.54) is 94.8 Å². The zero-order valence-electron chi connectivity index (χ0n) is 13.1. The Kier molecular flexibility index (Phi) is 42.3. The van der Waals surface area contributed by atoms with Crippen LogP contribution in [0.3, 0.4) is 0 Å². The van der Waals surface area contributed by atoms with Gasteiger partial charge in [0, 0.05) is 0 Å². The van der Waals surface area contributed by atoms with Crippen molar-refractivity contribution >= 4 is 0 Å². The van der Waals surface area contributed by atoms with Gasteiger partial charge in [0.15, 0.2) is 0 Å². The van der Waals surface area contributed by atoms with Crippen LogP contribution >= 0.6 is 0 Å². The number of hydrogen-bond donors (Lipinski definition) is 0. The van der Waals surface area contributed by atoms with Gasteiger partial charge in [-0.1, -0.05) is 26.2 Å². The fourth-order valence-electron chi connectivity index (χ4n) is 2.28.